The molecule has 0 atom stereocenters. The summed E-state index contributed by atoms with van der Waals surface area (Å²) in [6.45, 7) is 0. The van der Waals surface area contributed by atoms with Gasteiger partial charge in [-0.05, 0) is 12.1 Å². The first-order valence-electron chi connectivity index (χ1n) is 5.14. The zero-order valence-electron chi connectivity index (χ0n) is 9.68. The van der Waals surface area contributed by atoms with Gasteiger partial charge in [-0.3, -0.25) is 0 Å². The molecule has 88 valence electrons. The van der Waals surface area contributed by atoms with E-state index in [0.717, 1.165) is 0 Å². The summed E-state index contributed by atoms with van der Waals surface area (Å²) in [4.78, 5) is 8.23. The van der Waals surface area contributed by atoms with Crippen molar-refractivity contribution in [3.63, 3.8) is 0 Å². The van der Waals surface area contributed by atoms with E-state index < -0.39 is 0 Å². The van der Waals surface area contributed by atoms with E-state index in [4.69, 9.17) is 9.47 Å². The molecule has 0 radical (unpaired) electrons. The fourth-order valence-corrected chi connectivity index (χ4v) is 1.38. The van der Waals surface area contributed by atoms with Crippen LogP contribution in [0.5, 0.6) is 17.4 Å². The average Bonchev–Trinajstić information content (AvgIpc) is 2.40. The lowest BCUT2D eigenvalue weighted by Gasteiger charge is -2.10. The lowest BCUT2D eigenvalue weighted by Crippen LogP contribution is -1.99. The van der Waals surface area contributed by atoms with Crippen molar-refractivity contribution in [2.24, 2.45) is 0 Å². The maximum Gasteiger partial charge on any atom is 0.263 e. The molecule has 5 nitrogen and oxygen atoms in total. The third-order valence-corrected chi connectivity index (χ3v) is 2.18. The smallest absolute Gasteiger partial charge is 0.263 e. The Morgan fingerprint density at radius 1 is 1.06 bits per heavy atom. The topological polar surface area (TPSA) is 56.3 Å². The van der Waals surface area contributed by atoms with Gasteiger partial charge in [0.25, 0.3) is 5.88 Å². The van der Waals surface area contributed by atoms with Gasteiger partial charge in [0.15, 0.2) is 17.3 Å². The number of anilines is 1. The van der Waals surface area contributed by atoms with Gasteiger partial charge in [-0.25, -0.2) is 9.97 Å². The molecule has 1 aromatic carbocycles. The first-order valence-corrected chi connectivity index (χ1v) is 5.14. The molecule has 0 aliphatic carbocycles. The molecule has 0 bridgehead atoms. The number of ether oxygens (including phenoxy) is 2. The molecule has 0 amide bonds. The van der Waals surface area contributed by atoms with Crippen molar-refractivity contribution in [3.05, 3.63) is 36.7 Å². The molecule has 0 aliphatic rings. The highest BCUT2D eigenvalue weighted by molar-refractivity contribution is 5.49. The molecule has 2 rings (SSSR count). The number of nitrogens with zero attached hydrogens (tertiary/aromatic N) is 2. The largest absolute Gasteiger partial charge is 0.493 e. The van der Waals surface area contributed by atoms with Crippen molar-refractivity contribution < 1.29 is 9.47 Å². The Bertz CT molecular complexity index is 457. The predicted octanol–water partition coefficient (Wildman–Crippen LogP) is 2.32. The van der Waals surface area contributed by atoms with Gasteiger partial charge < -0.3 is 14.8 Å². The van der Waals surface area contributed by atoms with Crippen molar-refractivity contribution in [1.29, 1.82) is 0 Å². The van der Waals surface area contributed by atoms with E-state index in [1.807, 2.05) is 24.3 Å². The maximum absolute atomic E-state index is 5.66. The number of benzene rings is 1. The monoisotopic (exact) mass is 231 g/mol. The Balaban J connectivity index is 2.31. The molecule has 5 heteroatoms. The maximum atomic E-state index is 5.66. The summed E-state index contributed by atoms with van der Waals surface area (Å²) < 4.78 is 10.9. The van der Waals surface area contributed by atoms with Crippen molar-refractivity contribution >= 4 is 5.82 Å². The van der Waals surface area contributed by atoms with Crippen molar-refractivity contribution in [2.45, 2.75) is 0 Å². The van der Waals surface area contributed by atoms with E-state index in [0.29, 0.717) is 23.2 Å². The summed E-state index contributed by atoms with van der Waals surface area (Å²) in [6.07, 6.45) is 3.17. The van der Waals surface area contributed by atoms with Gasteiger partial charge in [-0.1, -0.05) is 12.1 Å². The van der Waals surface area contributed by atoms with Crippen LogP contribution in [0.4, 0.5) is 5.82 Å². The Morgan fingerprint density at radius 2 is 1.76 bits per heavy atom. The Labute approximate surface area is 99.4 Å². The summed E-state index contributed by atoms with van der Waals surface area (Å²) in [5.41, 5.74) is 0. The fourth-order valence-electron chi connectivity index (χ4n) is 1.38. The van der Waals surface area contributed by atoms with Crippen LogP contribution in [0.3, 0.4) is 0 Å². The molecule has 2 aromatic rings. The van der Waals surface area contributed by atoms with Crippen molar-refractivity contribution in [3.8, 4) is 17.4 Å². The van der Waals surface area contributed by atoms with Gasteiger partial charge in [0.05, 0.1) is 7.11 Å². The van der Waals surface area contributed by atoms with E-state index in [9.17, 15) is 0 Å². The van der Waals surface area contributed by atoms with Gasteiger partial charge in [0, 0.05) is 19.4 Å². The van der Waals surface area contributed by atoms with Crippen LogP contribution in [0.1, 0.15) is 0 Å². The minimum atomic E-state index is 0.416. The highest BCUT2D eigenvalue weighted by Gasteiger charge is 2.09. The van der Waals surface area contributed by atoms with Crippen LogP contribution >= 0.6 is 0 Å². The minimum absolute atomic E-state index is 0.416. The average molecular weight is 231 g/mol. The number of nitrogens with one attached hydrogen (secondary N) is 1. The third-order valence-electron chi connectivity index (χ3n) is 2.18. The fraction of sp³-hybridized carbons (Fsp3) is 0.167. The predicted molar refractivity (Wildman–Crippen MR) is 64.6 cm³/mol. The molecule has 0 fully saturated rings. The molecule has 1 aromatic heterocycles. The van der Waals surface area contributed by atoms with Gasteiger partial charge in [-0.2, -0.15) is 0 Å². The normalized spacial score (nSPS) is 9.76. The van der Waals surface area contributed by atoms with Crippen LogP contribution in [0, 0.1) is 0 Å². The highest BCUT2D eigenvalue weighted by atomic mass is 16.5. The number of methoxy groups -OCH3 is 1. The number of hydrogen-bond donors (Lipinski definition) is 1. The molecule has 0 spiro atoms. The molecule has 1 N–H and O–H groups in total. The summed E-state index contributed by atoms with van der Waals surface area (Å²) in [6, 6.07) is 7.38. The third kappa shape index (κ3) is 2.44. The molecule has 0 unspecified atom stereocenters. The van der Waals surface area contributed by atoms with E-state index in [2.05, 4.69) is 15.3 Å². The molecule has 0 saturated heterocycles. The number of hydrogen-bond acceptors (Lipinski definition) is 5. The summed E-state index contributed by atoms with van der Waals surface area (Å²) in [7, 11) is 3.36. The standard InChI is InChI=1S/C12H13N3O2/c1-13-11-12(15-8-7-14-11)17-10-6-4-3-5-9(10)16-2/h3-8H,1-2H3,(H,13,14). The van der Waals surface area contributed by atoms with Crippen LogP contribution in [0.25, 0.3) is 0 Å². The number of para-hydroxylation sites is 2. The van der Waals surface area contributed by atoms with E-state index in [1.54, 1.807) is 26.6 Å². The second kappa shape index (κ2) is 5.16. The Morgan fingerprint density at radius 3 is 2.47 bits per heavy atom. The zero-order valence-corrected chi connectivity index (χ0v) is 9.68. The second-order valence-corrected chi connectivity index (χ2v) is 3.21. The van der Waals surface area contributed by atoms with Crippen molar-refractivity contribution in [2.75, 3.05) is 19.5 Å². The van der Waals surface area contributed by atoms with Gasteiger partial charge in [0.2, 0.25) is 0 Å². The van der Waals surface area contributed by atoms with Gasteiger partial charge >= 0.3 is 0 Å². The molecule has 0 saturated carbocycles. The van der Waals surface area contributed by atoms with Crippen LogP contribution in [0.2, 0.25) is 0 Å². The van der Waals surface area contributed by atoms with E-state index in [-0.39, 0.29) is 0 Å². The number of aromatic nitrogens is 2. The summed E-state index contributed by atoms with van der Waals surface area (Å²) >= 11 is 0. The minimum Gasteiger partial charge on any atom is -0.493 e. The molecule has 17 heavy (non-hydrogen) atoms. The molecular formula is C12H13N3O2. The van der Waals surface area contributed by atoms with Gasteiger partial charge in [-0.15, -0.1) is 0 Å². The first kappa shape index (κ1) is 11.2. The van der Waals surface area contributed by atoms with Crippen molar-refractivity contribution in [1.82, 2.24) is 9.97 Å². The van der Waals surface area contributed by atoms with Crippen LogP contribution in [-0.4, -0.2) is 24.1 Å². The van der Waals surface area contributed by atoms with Crippen LogP contribution in [0.15, 0.2) is 36.7 Å². The van der Waals surface area contributed by atoms with E-state index in [1.165, 1.54) is 0 Å². The van der Waals surface area contributed by atoms with Crippen LogP contribution < -0.4 is 14.8 Å². The molecular weight excluding hydrogens is 218 g/mol. The molecule has 1 heterocycles. The first-order chi connectivity index (χ1) is 8.35. The Kier molecular flexibility index (Phi) is 3.40. The lowest BCUT2D eigenvalue weighted by atomic mass is 10.3. The molecule has 0 aliphatic heterocycles. The quantitative estimate of drug-likeness (QED) is 0.875. The number of rotatable bonds is 4. The lowest BCUT2D eigenvalue weighted by molar-refractivity contribution is 0.374. The second-order valence-electron chi connectivity index (χ2n) is 3.21. The van der Waals surface area contributed by atoms with Crippen LogP contribution in [-0.2, 0) is 0 Å². The van der Waals surface area contributed by atoms with E-state index >= 15 is 0 Å². The zero-order chi connectivity index (χ0) is 12.1. The van der Waals surface area contributed by atoms with Gasteiger partial charge in [0.1, 0.15) is 0 Å². The Hall–Kier alpha value is -2.30. The summed E-state index contributed by atoms with van der Waals surface area (Å²) in [5.74, 6) is 2.25. The summed E-state index contributed by atoms with van der Waals surface area (Å²) in [5, 5.41) is 2.91. The highest BCUT2D eigenvalue weighted by Crippen LogP contribution is 2.32. The SMILES string of the molecule is CNc1nccnc1Oc1ccccc1OC.